The highest BCUT2D eigenvalue weighted by Crippen LogP contribution is 2.43. The number of rotatable bonds is 3. The van der Waals surface area contributed by atoms with Crippen LogP contribution in [0.3, 0.4) is 0 Å². The molecule has 4 nitrogen and oxygen atoms in total. The van der Waals surface area contributed by atoms with Gasteiger partial charge in [-0.05, 0) is 49.8 Å². The summed E-state index contributed by atoms with van der Waals surface area (Å²) in [4.78, 5) is 17.4. The number of carbonyl (C=O) groups excluding carboxylic acids is 1. The average Bonchev–Trinajstić information content (AvgIpc) is 2.93. The number of aromatic amines is 1. The molecule has 1 fully saturated rings. The second kappa shape index (κ2) is 6.00. The lowest BCUT2D eigenvalue weighted by Gasteiger charge is -2.44. The van der Waals surface area contributed by atoms with Crippen LogP contribution in [0.2, 0.25) is 0 Å². The number of ether oxygens (including phenoxy) is 1. The summed E-state index contributed by atoms with van der Waals surface area (Å²) in [7, 11) is 0. The predicted octanol–water partition coefficient (Wildman–Crippen LogP) is 3.43. The van der Waals surface area contributed by atoms with Gasteiger partial charge in [0, 0.05) is 30.1 Å². The third-order valence-corrected chi connectivity index (χ3v) is 5.45. The number of hydrogen-bond donors (Lipinski definition) is 1. The number of piperidine rings is 1. The number of aromatic nitrogens is 1. The number of nitrogens with zero attached hydrogens (tertiary/aromatic N) is 1. The highest BCUT2D eigenvalue weighted by atomic mass is 16.5. The van der Waals surface area contributed by atoms with Crippen molar-refractivity contribution in [3.05, 3.63) is 35.5 Å². The van der Waals surface area contributed by atoms with Crippen LogP contribution in [0.1, 0.15) is 43.5 Å². The Morgan fingerprint density at radius 2 is 2.22 bits per heavy atom. The van der Waals surface area contributed by atoms with Gasteiger partial charge in [0.15, 0.2) is 0 Å². The van der Waals surface area contributed by atoms with Crippen LogP contribution in [0.25, 0.3) is 10.9 Å². The Morgan fingerprint density at radius 1 is 1.35 bits per heavy atom. The average molecular weight is 312 g/mol. The molecule has 2 atom stereocenters. The molecule has 4 heteroatoms. The van der Waals surface area contributed by atoms with Gasteiger partial charge < -0.3 is 9.72 Å². The molecule has 122 valence electrons. The summed E-state index contributed by atoms with van der Waals surface area (Å²) in [6.45, 7) is 4.36. The lowest BCUT2D eigenvalue weighted by molar-refractivity contribution is -0.141. The van der Waals surface area contributed by atoms with Crippen LogP contribution >= 0.6 is 0 Å². The third-order valence-electron chi connectivity index (χ3n) is 5.45. The van der Waals surface area contributed by atoms with Crippen LogP contribution < -0.4 is 0 Å². The first-order valence-corrected chi connectivity index (χ1v) is 8.71. The molecule has 0 spiro atoms. The number of H-pyrrole nitrogens is 1. The van der Waals surface area contributed by atoms with Crippen LogP contribution in [-0.4, -0.2) is 35.5 Å². The Labute approximate surface area is 136 Å². The summed E-state index contributed by atoms with van der Waals surface area (Å²) in [5.74, 6) is 0.392. The highest BCUT2D eigenvalue weighted by molar-refractivity contribution is 5.85. The molecule has 3 heterocycles. The molecule has 0 amide bonds. The van der Waals surface area contributed by atoms with Crippen LogP contribution in [0.4, 0.5) is 0 Å². The van der Waals surface area contributed by atoms with Crippen molar-refractivity contribution >= 4 is 16.9 Å². The summed E-state index contributed by atoms with van der Waals surface area (Å²) in [5.41, 5.74) is 4.16. The molecule has 0 aliphatic carbocycles. The summed E-state index contributed by atoms with van der Waals surface area (Å²) in [5, 5.41) is 1.38. The summed E-state index contributed by atoms with van der Waals surface area (Å²) < 4.78 is 5.20. The van der Waals surface area contributed by atoms with Gasteiger partial charge >= 0.3 is 5.97 Å². The van der Waals surface area contributed by atoms with Gasteiger partial charge in [-0.25, -0.2) is 0 Å². The largest absolute Gasteiger partial charge is 0.466 e. The fraction of sp³-hybridized carbons (Fsp3) is 0.526. The highest BCUT2D eigenvalue weighted by Gasteiger charge is 2.37. The molecule has 1 N–H and O–H groups in total. The standard InChI is InChI=1S/C19H24N2O2/c1-13(22)23-12-9-14-5-4-10-21-11-8-16-15-6-2-3-7-17(15)20-18(16)19(14)21/h2-3,6-7,14,19-20H,4-5,8-12H2,1H3/t14-,19-/m0/s1. The molecule has 2 aliphatic rings. The molecule has 4 rings (SSSR count). The molecule has 1 aromatic heterocycles. The number of fused-ring (bicyclic) bond motifs is 5. The number of nitrogens with one attached hydrogen (secondary N) is 1. The van der Waals surface area contributed by atoms with Gasteiger partial charge in [0.25, 0.3) is 0 Å². The van der Waals surface area contributed by atoms with E-state index < -0.39 is 0 Å². The van der Waals surface area contributed by atoms with Crippen molar-refractivity contribution in [2.24, 2.45) is 5.92 Å². The lowest BCUT2D eigenvalue weighted by Crippen LogP contribution is -2.43. The minimum absolute atomic E-state index is 0.174. The summed E-state index contributed by atoms with van der Waals surface area (Å²) >= 11 is 0. The van der Waals surface area contributed by atoms with Gasteiger partial charge in [-0.15, -0.1) is 0 Å². The second-order valence-electron chi connectivity index (χ2n) is 6.82. The van der Waals surface area contributed by atoms with Crippen LogP contribution in [-0.2, 0) is 16.0 Å². The Hall–Kier alpha value is -1.81. The van der Waals surface area contributed by atoms with Crippen molar-refractivity contribution < 1.29 is 9.53 Å². The normalized spacial score (nSPS) is 24.2. The molecule has 1 aromatic carbocycles. The van der Waals surface area contributed by atoms with E-state index in [1.54, 1.807) is 0 Å². The zero-order chi connectivity index (χ0) is 15.8. The first-order chi connectivity index (χ1) is 11.2. The smallest absolute Gasteiger partial charge is 0.302 e. The molecule has 2 aliphatic heterocycles. The topological polar surface area (TPSA) is 45.3 Å². The van der Waals surface area contributed by atoms with Crippen LogP contribution in [0.5, 0.6) is 0 Å². The molecule has 0 radical (unpaired) electrons. The molecule has 0 saturated carbocycles. The van der Waals surface area contributed by atoms with Gasteiger partial charge in [-0.1, -0.05) is 18.2 Å². The maximum atomic E-state index is 11.0. The maximum Gasteiger partial charge on any atom is 0.302 e. The fourth-order valence-corrected chi connectivity index (χ4v) is 4.48. The number of para-hydroxylation sites is 1. The van der Waals surface area contributed by atoms with E-state index >= 15 is 0 Å². The van der Waals surface area contributed by atoms with Crippen molar-refractivity contribution in [1.29, 1.82) is 0 Å². The van der Waals surface area contributed by atoms with E-state index in [0.29, 0.717) is 18.6 Å². The van der Waals surface area contributed by atoms with Crippen molar-refractivity contribution in [1.82, 2.24) is 9.88 Å². The van der Waals surface area contributed by atoms with Gasteiger partial charge in [-0.3, -0.25) is 9.69 Å². The van der Waals surface area contributed by atoms with E-state index in [1.807, 2.05) is 0 Å². The zero-order valence-corrected chi connectivity index (χ0v) is 13.7. The quantitative estimate of drug-likeness (QED) is 0.883. The van der Waals surface area contributed by atoms with Crippen molar-refractivity contribution in [3.8, 4) is 0 Å². The van der Waals surface area contributed by atoms with Crippen molar-refractivity contribution in [2.75, 3.05) is 19.7 Å². The van der Waals surface area contributed by atoms with E-state index in [0.717, 1.165) is 19.4 Å². The minimum Gasteiger partial charge on any atom is -0.466 e. The molecule has 0 unspecified atom stereocenters. The molecular formula is C19H24N2O2. The lowest BCUT2D eigenvalue weighted by atomic mass is 9.81. The summed E-state index contributed by atoms with van der Waals surface area (Å²) in [6.07, 6.45) is 4.55. The predicted molar refractivity (Wildman–Crippen MR) is 90.3 cm³/mol. The SMILES string of the molecule is CC(=O)OCC[C@@H]1CCCN2CCc3c([nH]c4ccccc34)[C@H]12. The van der Waals surface area contributed by atoms with Crippen molar-refractivity contribution in [2.45, 2.75) is 38.6 Å². The Kier molecular flexibility index (Phi) is 3.85. The van der Waals surface area contributed by atoms with E-state index in [-0.39, 0.29) is 5.97 Å². The Bertz CT molecular complexity index is 721. The molecule has 2 aromatic rings. The Morgan fingerprint density at radius 3 is 3.09 bits per heavy atom. The van der Waals surface area contributed by atoms with Gasteiger partial charge in [0.2, 0.25) is 0 Å². The maximum absolute atomic E-state index is 11.0. The van der Waals surface area contributed by atoms with E-state index in [9.17, 15) is 4.79 Å². The van der Waals surface area contributed by atoms with E-state index in [4.69, 9.17) is 4.74 Å². The third kappa shape index (κ3) is 2.65. The number of esters is 1. The van der Waals surface area contributed by atoms with Crippen LogP contribution in [0, 0.1) is 5.92 Å². The minimum atomic E-state index is -0.174. The monoisotopic (exact) mass is 312 g/mol. The zero-order valence-electron chi connectivity index (χ0n) is 13.7. The van der Waals surface area contributed by atoms with Crippen LogP contribution in [0.15, 0.2) is 24.3 Å². The van der Waals surface area contributed by atoms with Gasteiger partial charge in [0.05, 0.1) is 12.6 Å². The molecular weight excluding hydrogens is 288 g/mol. The van der Waals surface area contributed by atoms with E-state index in [2.05, 4.69) is 34.1 Å². The summed E-state index contributed by atoms with van der Waals surface area (Å²) in [6, 6.07) is 9.09. The van der Waals surface area contributed by atoms with Crippen molar-refractivity contribution in [3.63, 3.8) is 0 Å². The molecule has 23 heavy (non-hydrogen) atoms. The number of carbonyl (C=O) groups is 1. The van der Waals surface area contributed by atoms with E-state index in [1.165, 1.54) is 48.5 Å². The number of hydrogen-bond acceptors (Lipinski definition) is 3. The molecule has 0 bridgehead atoms. The first-order valence-electron chi connectivity index (χ1n) is 8.71. The van der Waals surface area contributed by atoms with Gasteiger partial charge in [0.1, 0.15) is 0 Å². The molecule has 1 saturated heterocycles. The second-order valence-corrected chi connectivity index (χ2v) is 6.82. The van der Waals surface area contributed by atoms with Gasteiger partial charge in [-0.2, -0.15) is 0 Å². The fourth-order valence-electron chi connectivity index (χ4n) is 4.48. The first kappa shape index (κ1) is 14.8. The Balaban J connectivity index is 1.65. The number of benzene rings is 1.